The molecule has 0 amide bonds. The highest BCUT2D eigenvalue weighted by Gasteiger charge is 2.16. The average molecular weight is 619 g/mol. The zero-order valence-corrected chi connectivity index (χ0v) is 28.9. The molecule has 0 aliphatic carbocycles. The van der Waals surface area contributed by atoms with E-state index in [1.54, 1.807) is 0 Å². The van der Waals surface area contributed by atoms with Gasteiger partial charge in [-0.1, -0.05) is 159 Å². The van der Waals surface area contributed by atoms with Crippen molar-refractivity contribution >= 4 is 11.9 Å². The zero-order chi connectivity index (χ0) is 32.2. The fraction of sp³-hybridized carbons (Fsp3) is 0.795. The molecule has 0 spiro atoms. The molecule has 5 nitrogen and oxygen atoms in total. The summed E-state index contributed by atoms with van der Waals surface area (Å²) >= 11 is 0. The number of carbonyl (C=O) groups excluding carboxylic acids is 2. The number of aliphatic hydroxyl groups excluding tert-OH is 1. The highest BCUT2D eigenvalue weighted by Crippen LogP contribution is 2.14. The molecular weight excluding hydrogens is 548 g/mol. The van der Waals surface area contributed by atoms with Gasteiger partial charge in [-0.25, -0.2) is 0 Å². The Hall–Kier alpha value is -1.88. The number of rotatable bonds is 33. The molecule has 0 aliphatic heterocycles. The van der Waals surface area contributed by atoms with Gasteiger partial charge in [-0.3, -0.25) is 9.59 Å². The van der Waals surface area contributed by atoms with E-state index in [1.165, 1.54) is 83.5 Å². The summed E-state index contributed by atoms with van der Waals surface area (Å²) in [6, 6.07) is 0. The Labute approximate surface area is 272 Å². The number of carbonyl (C=O) groups is 2. The van der Waals surface area contributed by atoms with Gasteiger partial charge in [0.1, 0.15) is 6.61 Å². The first-order valence-corrected chi connectivity index (χ1v) is 18.5. The molecule has 0 saturated carbocycles. The third-order valence-electron chi connectivity index (χ3n) is 7.95. The van der Waals surface area contributed by atoms with Gasteiger partial charge in [-0.05, 0) is 44.9 Å². The van der Waals surface area contributed by atoms with E-state index in [2.05, 4.69) is 50.3 Å². The molecule has 0 bridgehead atoms. The van der Waals surface area contributed by atoms with E-state index in [0.717, 1.165) is 70.6 Å². The lowest BCUT2D eigenvalue weighted by Crippen LogP contribution is -2.28. The Balaban J connectivity index is 3.58. The largest absolute Gasteiger partial charge is 0.462 e. The second kappa shape index (κ2) is 35.6. The van der Waals surface area contributed by atoms with Gasteiger partial charge in [0.25, 0.3) is 0 Å². The molecule has 0 saturated heterocycles. The lowest BCUT2D eigenvalue weighted by atomic mass is 10.0. The molecule has 0 aromatic heterocycles. The van der Waals surface area contributed by atoms with Gasteiger partial charge in [-0.2, -0.15) is 0 Å². The molecule has 0 rings (SSSR count). The first kappa shape index (κ1) is 42.1. The van der Waals surface area contributed by atoms with E-state index in [-0.39, 0.29) is 25.2 Å². The van der Waals surface area contributed by atoms with Crippen LogP contribution in [-0.2, 0) is 19.1 Å². The quantitative estimate of drug-likeness (QED) is 0.0450. The van der Waals surface area contributed by atoms with Crippen molar-refractivity contribution in [3.05, 3.63) is 36.5 Å². The summed E-state index contributed by atoms with van der Waals surface area (Å²) in [4.78, 5) is 24.2. The molecule has 0 aromatic rings. The van der Waals surface area contributed by atoms with Crippen molar-refractivity contribution in [3.63, 3.8) is 0 Å². The van der Waals surface area contributed by atoms with Crippen LogP contribution in [0.25, 0.3) is 0 Å². The van der Waals surface area contributed by atoms with E-state index in [4.69, 9.17) is 9.47 Å². The normalized spacial score (nSPS) is 12.5. The van der Waals surface area contributed by atoms with Crippen LogP contribution in [0, 0.1) is 0 Å². The number of hydrogen-bond donors (Lipinski definition) is 1. The summed E-state index contributed by atoms with van der Waals surface area (Å²) in [6.45, 7) is 4.01. The van der Waals surface area contributed by atoms with Crippen LogP contribution in [-0.4, -0.2) is 36.4 Å². The van der Waals surface area contributed by atoms with Crippen LogP contribution >= 0.6 is 0 Å². The van der Waals surface area contributed by atoms with Crippen LogP contribution < -0.4 is 0 Å². The predicted molar refractivity (Wildman–Crippen MR) is 187 cm³/mol. The third-order valence-corrected chi connectivity index (χ3v) is 7.95. The van der Waals surface area contributed by atoms with Crippen LogP contribution in [0.5, 0.6) is 0 Å². The van der Waals surface area contributed by atoms with Gasteiger partial charge in [0.05, 0.1) is 6.61 Å². The van der Waals surface area contributed by atoms with Crippen molar-refractivity contribution in [1.29, 1.82) is 0 Å². The summed E-state index contributed by atoms with van der Waals surface area (Å²) in [5, 5.41) is 9.53. The van der Waals surface area contributed by atoms with Crippen molar-refractivity contribution in [2.75, 3.05) is 13.2 Å². The summed E-state index contributed by atoms with van der Waals surface area (Å²) in [6.07, 6.45) is 42.0. The van der Waals surface area contributed by atoms with E-state index in [9.17, 15) is 14.7 Å². The predicted octanol–water partition coefficient (Wildman–Crippen LogP) is 11.3. The molecule has 5 heteroatoms. The van der Waals surface area contributed by atoms with Crippen molar-refractivity contribution in [2.45, 2.75) is 187 Å². The molecule has 0 heterocycles. The molecule has 256 valence electrons. The molecule has 0 aliphatic rings. The van der Waals surface area contributed by atoms with Crippen molar-refractivity contribution in [2.24, 2.45) is 0 Å². The first-order chi connectivity index (χ1) is 21.6. The fourth-order valence-corrected chi connectivity index (χ4v) is 5.16. The Morgan fingerprint density at radius 2 is 0.977 bits per heavy atom. The first-order valence-electron chi connectivity index (χ1n) is 18.5. The van der Waals surface area contributed by atoms with Gasteiger partial charge in [-0.15, -0.1) is 0 Å². The highest BCUT2D eigenvalue weighted by molar-refractivity contribution is 5.70. The molecule has 0 fully saturated rings. The third kappa shape index (κ3) is 33.0. The van der Waals surface area contributed by atoms with Gasteiger partial charge in [0.2, 0.25) is 0 Å². The Kier molecular flexibility index (Phi) is 34.1. The van der Waals surface area contributed by atoms with Crippen LogP contribution in [0.15, 0.2) is 36.5 Å². The van der Waals surface area contributed by atoms with Crippen LogP contribution in [0.4, 0.5) is 0 Å². The fourth-order valence-electron chi connectivity index (χ4n) is 5.16. The van der Waals surface area contributed by atoms with Gasteiger partial charge in [0.15, 0.2) is 6.10 Å². The van der Waals surface area contributed by atoms with Crippen LogP contribution in [0.3, 0.4) is 0 Å². The number of unbranched alkanes of at least 4 members (excludes halogenated alkanes) is 19. The van der Waals surface area contributed by atoms with Gasteiger partial charge in [0, 0.05) is 12.8 Å². The minimum absolute atomic E-state index is 0.0704. The van der Waals surface area contributed by atoms with Crippen molar-refractivity contribution < 1.29 is 24.2 Å². The Morgan fingerprint density at radius 1 is 0.545 bits per heavy atom. The topological polar surface area (TPSA) is 72.8 Å². The minimum atomic E-state index is -0.776. The van der Waals surface area contributed by atoms with E-state index < -0.39 is 6.10 Å². The number of allylic oxidation sites excluding steroid dienone is 6. The average Bonchev–Trinajstić information content (AvgIpc) is 3.02. The monoisotopic (exact) mass is 619 g/mol. The summed E-state index contributed by atoms with van der Waals surface area (Å²) in [5.74, 6) is -0.607. The van der Waals surface area contributed by atoms with E-state index >= 15 is 0 Å². The smallest absolute Gasteiger partial charge is 0.306 e. The second-order valence-electron chi connectivity index (χ2n) is 12.3. The van der Waals surface area contributed by atoms with Crippen molar-refractivity contribution in [1.82, 2.24) is 0 Å². The standard InChI is InChI=1S/C39H70O5/c1-3-5-7-9-11-13-15-17-19-21-23-25-27-29-31-33-38(41)43-36-37(35-40)44-39(42)34-32-30-28-26-24-22-20-18-16-14-12-10-8-6-4-2/h6,8,12,14,18,20,37,40H,3-5,7,9-11,13,15-17,19,21-36H2,1-2H3/b8-6-,14-12-,20-18-. The molecule has 0 radical (unpaired) electrons. The maximum Gasteiger partial charge on any atom is 0.306 e. The molecule has 44 heavy (non-hydrogen) atoms. The summed E-state index contributed by atoms with van der Waals surface area (Å²) in [5.41, 5.74) is 0. The second-order valence-corrected chi connectivity index (χ2v) is 12.3. The molecule has 0 aromatic carbocycles. The zero-order valence-electron chi connectivity index (χ0n) is 28.9. The minimum Gasteiger partial charge on any atom is -0.462 e. The van der Waals surface area contributed by atoms with E-state index in [0.29, 0.717) is 12.8 Å². The SMILES string of the molecule is CC/C=C\C/C=C\C/C=C\CCCCCCCC(=O)OC(CO)COC(=O)CCCCCCCCCCCCCCCCC. The number of hydrogen-bond acceptors (Lipinski definition) is 5. The van der Waals surface area contributed by atoms with Crippen LogP contribution in [0.2, 0.25) is 0 Å². The van der Waals surface area contributed by atoms with Gasteiger partial charge < -0.3 is 14.6 Å². The maximum absolute atomic E-state index is 12.1. The number of esters is 2. The molecule has 1 atom stereocenters. The maximum atomic E-state index is 12.1. The van der Waals surface area contributed by atoms with Crippen molar-refractivity contribution in [3.8, 4) is 0 Å². The highest BCUT2D eigenvalue weighted by atomic mass is 16.6. The number of aliphatic hydroxyl groups is 1. The molecule has 1 unspecified atom stereocenters. The Bertz CT molecular complexity index is 711. The summed E-state index contributed by atoms with van der Waals surface area (Å²) < 4.78 is 10.6. The molecule has 1 N–H and O–H groups in total. The Morgan fingerprint density at radius 3 is 1.48 bits per heavy atom. The lowest BCUT2D eigenvalue weighted by molar-refractivity contribution is -0.161. The van der Waals surface area contributed by atoms with Crippen LogP contribution in [0.1, 0.15) is 181 Å². The van der Waals surface area contributed by atoms with E-state index in [1.807, 2.05) is 0 Å². The molecular formula is C39H70O5. The van der Waals surface area contributed by atoms with Gasteiger partial charge >= 0.3 is 11.9 Å². The lowest BCUT2D eigenvalue weighted by Gasteiger charge is -2.15. The summed E-state index contributed by atoms with van der Waals surface area (Å²) in [7, 11) is 0. The number of ether oxygens (including phenoxy) is 2.